The van der Waals surface area contributed by atoms with Crippen LogP contribution in [0.5, 0.6) is 0 Å². The highest BCUT2D eigenvalue weighted by Gasteiger charge is 2.31. The largest absolute Gasteiger partial charge is 0.372 e. The molecule has 25 heavy (non-hydrogen) atoms. The van der Waals surface area contributed by atoms with Crippen molar-refractivity contribution < 1.29 is 17.9 Å². The molecule has 1 fully saturated rings. The van der Waals surface area contributed by atoms with E-state index in [-0.39, 0.29) is 10.8 Å². The number of hydrogen-bond acceptors (Lipinski definition) is 4. The normalized spacial score (nSPS) is 23.2. The average Bonchev–Trinajstić information content (AvgIpc) is 2.55. The molecule has 1 aliphatic rings. The van der Waals surface area contributed by atoms with E-state index in [1.807, 2.05) is 6.92 Å². The van der Waals surface area contributed by atoms with Crippen molar-refractivity contribution in [2.24, 2.45) is 11.8 Å². The third-order valence-corrected chi connectivity index (χ3v) is 6.39. The van der Waals surface area contributed by atoms with Gasteiger partial charge < -0.3 is 10.1 Å². The molecule has 1 aliphatic heterocycles. The number of rotatable bonds is 6. The summed E-state index contributed by atoms with van der Waals surface area (Å²) in [6.07, 6.45) is 1.11. The number of carbonyl (C=O) groups is 1. The highest BCUT2D eigenvalue weighted by Crippen LogP contribution is 2.27. The van der Waals surface area contributed by atoms with Crippen LogP contribution in [-0.2, 0) is 19.6 Å². The lowest BCUT2D eigenvalue weighted by Gasteiger charge is -2.34. The Labute approximate surface area is 150 Å². The second-order valence-electron chi connectivity index (χ2n) is 6.91. The maximum absolute atomic E-state index is 12.8. The van der Waals surface area contributed by atoms with Gasteiger partial charge in [0.15, 0.2) is 0 Å². The van der Waals surface area contributed by atoms with Gasteiger partial charge in [-0.3, -0.25) is 4.79 Å². The topological polar surface area (TPSA) is 75.7 Å². The molecular formula is C18H28N2O4S. The van der Waals surface area contributed by atoms with Crippen LogP contribution in [0.15, 0.2) is 29.2 Å². The number of piperidine rings is 1. The van der Waals surface area contributed by atoms with E-state index >= 15 is 0 Å². The first-order valence-electron chi connectivity index (χ1n) is 8.71. The van der Waals surface area contributed by atoms with Crippen molar-refractivity contribution in [3.05, 3.63) is 24.3 Å². The number of nitrogens with one attached hydrogen (secondary N) is 1. The first-order valence-corrected chi connectivity index (χ1v) is 10.2. The lowest BCUT2D eigenvalue weighted by molar-refractivity contribution is -0.125. The molecule has 7 heteroatoms. The Bertz CT molecular complexity index is 674. The fourth-order valence-electron chi connectivity index (χ4n) is 3.34. The number of nitrogens with zero attached hydrogens (tertiary/aromatic N) is 1. The van der Waals surface area contributed by atoms with Gasteiger partial charge in [-0.25, -0.2) is 8.42 Å². The fraction of sp³-hybridized carbons (Fsp3) is 0.611. The van der Waals surface area contributed by atoms with Crippen molar-refractivity contribution in [2.45, 2.75) is 44.6 Å². The van der Waals surface area contributed by atoms with Gasteiger partial charge in [0.25, 0.3) is 5.91 Å². The number of anilines is 1. The molecule has 3 unspecified atom stereocenters. The van der Waals surface area contributed by atoms with Crippen LogP contribution in [0.1, 0.15) is 33.6 Å². The second-order valence-corrected chi connectivity index (χ2v) is 8.85. The van der Waals surface area contributed by atoms with Gasteiger partial charge in [0.05, 0.1) is 4.90 Å². The zero-order valence-electron chi connectivity index (χ0n) is 15.4. The summed E-state index contributed by atoms with van der Waals surface area (Å²) in [5.74, 6) is 0.480. The lowest BCUT2D eigenvalue weighted by atomic mass is 9.94. The first kappa shape index (κ1) is 19.9. The zero-order valence-corrected chi connectivity index (χ0v) is 16.2. The van der Waals surface area contributed by atoms with E-state index in [1.165, 1.54) is 7.11 Å². The summed E-state index contributed by atoms with van der Waals surface area (Å²) in [6, 6.07) is 6.32. The van der Waals surface area contributed by atoms with Crippen molar-refractivity contribution >= 4 is 21.6 Å². The van der Waals surface area contributed by atoms with Gasteiger partial charge >= 0.3 is 0 Å². The second kappa shape index (κ2) is 8.29. The van der Waals surface area contributed by atoms with Crippen LogP contribution in [0.4, 0.5) is 5.69 Å². The molecule has 0 spiro atoms. The summed E-state index contributed by atoms with van der Waals surface area (Å²) < 4.78 is 32.3. The quantitative estimate of drug-likeness (QED) is 0.838. The highest BCUT2D eigenvalue weighted by atomic mass is 32.2. The Morgan fingerprint density at radius 2 is 1.80 bits per heavy atom. The first-order chi connectivity index (χ1) is 11.8. The van der Waals surface area contributed by atoms with Crippen LogP contribution in [0.2, 0.25) is 0 Å². The molecule has 0 saturated carbocycles. The van der Waals surface area contributed by atoms with Crippen molar-refractivity contribution in [1.82, 2.24) is 4.31 Å². The Morgan fingerprint density at radius 3 is 2.28 bits per heavy atom. The summed E-state index contributed by atoms with van der Waals surface area (Å²) in [5, 5.41) is 2.74. The van der Waals surface area contributed by atoms with Crippen LogP contribution in [0, 0.1) is 11.8 Å². The molecule has 1 aromatic rings. The third kappa shape index (κ3) is 4.80. The molecular weight excluding hydrogens is 340 g/mol. The maximum atomic E-state index is 12.8. The predicted octanol–water partition coefficient (Wildman–Crippen LogP) is 2.72. The van der Waals surface area contributed by atoms with Gasteiger partial charge in [0.1, 0.15) is 6.10 Å². The number of benzene rings is 1. The average molecular weight is 368 g/mol. The zero-order chi connectivity index (χ0) is 18.6. The molecule has 1 saturated heterocycles. The van der Waals surface area contributed by atoms with E-state index in [2.05, 4.69) is 19.2 Å². The van der Waals surface area contributed by atoms with Gasteiger partial charge in [0, 0.05) is 25.9 Å². The number of ether oxygens (including phenoxy) is 1. The van der Waals surface area contributed by atoms with Crippen molar-refractivity contribution in [3.8, 4) is 0 Å². The number of carbonyl (C=O) groups excluding carboxylic acids is 1. The predicted molar refractivity (Wildman–Crippen MR) is 97.9 cm³/mol. The van der Waals surface area contributed by atoms with E-state index in [9.17, 15) is 13.2 Å². The number of methoxy groups -OCH3 is 1. The van der Waals surface area contributed by atoms with Gasteiger partial charge in [0.2, 0.25) is 10.0 Å². The smallest absolute Gasteiger partial charge is 0.253 e. The number of hydrogen-bond donors (Lipinski definition) is 1. The summed E-state index contributed by atoms with van der Waals surface area (Å²) in [6.45, 7) is 7.13. The molecule has 1 N–H and O–H groups in total. The molecule has 0 aliphatic carbocycles. The Morgan fingerprint density at radius 1 is 1.24 bits per heavy atom. The van der Waals surface area contributed by atoms with E-state index in [1.54, 1.807) is 28.6 Å². The van der Waals surface area contributed by atoms with E-state index in [0.717, 1.165) is 6.42 Å². The molecule has 0 radical (unpaired) electrons. The fourth-order valence-corrected chi connectivity index (χ4v) is 5.02. The SMILES string of the molecule is CCC(OC)C(=O)Nc1ccc(S(=O)(=O)N2CC(C)CC(C)C2)cc1. The summed E-state index contributed by atoms with van der Waals surface area (Å²) >= 11 is 0. The standard InChI is InChI=1S/C18H28N2O4S/c1-5-17(24-4)18(21)19-15-6-8-16(9-7-15)25(22,23)20-11-13(2)10-14(3)12-20/h6-9,13-14,17H,5,10-12H2,1-4H3,(H,19,21). The Hall–Kier alpha value is -1.44. The van der Waals surface area contributed by atoms with Crippen LogP contribution < -0.4 is 5.32 Å². The summed E-state index contributed by atoms with van der Waals surface area (Å²) in [7, 11) is -2.01. The van der Waals surface area contributed by atoms with E-state index in [4.69, 9.17) is 4.74 Å². The molecule has 0 bridgehead atoms. The van der Waals surface area contributed by atoms with Crippen molar-refractivity contribution in [1.29, 1.82) is 0 Å². The van der Waals surface area contributed by atoms with Gasteiger partial charge in [-0.05, 0) is 48.9 Å². The third-order valence-electron chi connectivity index (χ3n) is 4.54. The molecule has 0 aromatic heterocycles. The molecule has 3 atom stereocenters. The molecule has 2 rings (SSSR count). The van der Waals surface area contributed by atoms with Gasteiger partial charge in [-0.1, -0.05) is 20.8 Å². The molecule has 1 aromatic carbocycles. The monoisotopic (exact) mass is 368 g/mol. The Balaban J connectivity index is 2.12. The van der Waals surface area contributed by atoms with Crippen LogP contribution in [-0.4, -0.2) is 44.9 Å². The van der Waals surface area contributed by atoms with Gasteiger partial charge in [-0.2, -0.15) is 4.31 Å². The number of amides is 1. The Kier molecular flexibility index (Phi) is 6.59. The molecule has 140 valence electrons. The minimum Gasteiger partial charge on any atom is -0.372 e. The van der Waals surface area contributed by atoms with E-state index in [0.29, 0.717) is 37.0 Å². The van der Waals surface area contributed by atoms with Gasteiger partial charge in [-0.15, -0.1) is 0 Å². The summed E-state index contributed by atoms with van der Waals surface area (Å²) in [5.41, 5.74) is 0.555. The minimum absolute atomic E-state index is 0.237. The molecule has 6 nitrogen and oxygen atoms in total. The molecule has 1 amide bonds. The maximum Gasteiger partial charge on any atom is 0.253 e. The lowest BCUT2D eigenvalue weighted by Crippen LogP contribution is -2.42. The van der Waals surface area contributed by atoms with Crippen LogP contribution in [0.25, 0.3) is 0 Å². The number of sulfonamides is 1. The summed E-state index contributed by atoms with van der Waals surface area (Å²) in [4.78, 5) is 12.3. The van der Waals surface area contributed by atoms with E-state index < -0.39 is 16.1 Å². The minimum atomic E-state index is -3.50. The van der Waals surface area contributed by atoms with Crippen molar-refractivity contribution in [2.75, 3.05) is 25.5 Å². The van der Waals surface area contributed by atoms with Crippen LogP contribution >= 0.6 is 0 Å². The highest BCUT2D eigenvalue weighted by molar-refractivity contribution is 7.89. The van der Waals surface area contributed by atoms with Crippen molar-refractivity contribution in [3.63, 3.8) is 0 Å². The van der Waals surface area contributed by atoms with Crippen LogP contribution in [0.3, 0.4) is 0 Å². The molecule has 1 heterocycles.